The molecule has 4 rings (SSSR count). The second-order valence-electron chi connectivity index (χ2n) is 12.2. The topological polar surface area (TPSA) is 94.1 Å². The number of aliphatic hydroxyl groups excluding tert-OH is 1. The monoisotopic (exact) mass is 587 g/mol. The fraction of sp³-hybridized carbons (Fsp3) is 0.444. The summed E-state index contributed by atoms with van der Waals surface area (Å²) in [5.74, 6) is -0.298. The van der Waals surface area contributed by atoms with Gasteiger partial charge >= 0.3 is 11.9 Å². The van der Waals surface area contributed by atoms with Gasteiger partial charge in [0, 0.05) is 0 Å². The average Bonchev–Trinajstić information content (AvgIpc) is 3.00. The number of hydrogen-bond acceptors (Lipinski definition) is 7. The molecule has 7 nitrogen and oxygen atoms in total. The fourth-order valence-corrected chi connectivity index (χ4v) is 5.39. The lowest BCUT2D eigenvalue weighted by molar-refractivity contribution is -0.160. The van der Waals surface area contributed by atoms with Crippen LogP contribution in [0.3, 0.4) is 0 Å². The summed E-state index contributed by atoms with van der Waals surface area (Å²) in [7, 11) is 1.39. The molecule has 0 bridgehead atoms. The lowest BCUT2D eigenvalue weighted by Crippen LogP contribution is -2.45. The summed E-state index contributed by atoms with van der Waals surface area (Å²) < 4.78 is 16.9. The van der Waals surface area contributed by atoms with Crippen molar-refractivity contribution < 1.29 is 28.9 Å². The third kappa shape index (κ3) is 9.40. The first-order valence-electron chi connectivity index (χ1n) is 15.3. The van der Waals surface area contributed by atoms with E-state index in [-0.39, 0.29) is 6.10 Å². The van der Waals surface area contributed by atoms with Gasteiger partial charge in [0.1, 0.15) is 29.1 Å². The Bertz CT molecular complexity index is 1330. The van der Waals surface area contributed by atoms with Gasteiger partial charge in [0.2, 0.25) is 0 Å². The molecule has 3 aromatic carbocycles. The Kier molecular flexibility index (Phi) is 11.4. The van der Waals surface area contributed by atoms with Crippen LogP contribution in [0, 0.1) is 0 Å². The van der Waals surface area contributed by atoms with E-state index in [9.17, 15) is 14.7 Å². The lowest BCUT2D eigenvalue weighted by atomic mass is 9.97. The Morgan fingerprint density at radius 3 is 2.26 bits per heavy atom. The third-order valence-corrected chi connectivity index (χ3v) is 7.64. The van der Waals surface area contributed by atoms with Gasteiger partial charge in [-0.15, -0.1) is 0 Å². The van der Waals surface area contributed by atoms with Crippen molar-refractivity contribution in [1.82, 2.24) is 5.32 Å². The van der Waals surface area contributed by atoms with E-state index in [0.717, 1.165) is 55.2 Å². The number of ether oxygens (including phenoxy) is 3. The van der Waals surface area contributed by atoms with Gasteiger partial charge in [-0.1, -0.05) is 67.1 Å². The van der Waals surface area contributed by atoms with E-state index in [1.807, 2.05) is 51.1 Å². The number of rotatable bonds is 12. The van der Waals surface area contributed by atoms with Crippen molar-refractivity contribution >= 4 is 11.9 Å². The summed E-state index contributed by atoms with van der Waals surface area (Å²) in [6.45, 7) is 5.99. The van der Waals surface area contributed by atoms with Crippen LogP contribution in [0.1, 0.15) is 86.9 Å². The van der Waals surface area contributed by atoms with Crippen molar-refractivity contribution in [2.75, 3.05) is 13.7 Å². The van der Waals surface area contributed by atoms with Gasteiger partial charge in [-0.05, 0) is 100 Å². The van der Waals surface area contributed by atoms with Gasteiger partial charge < -0.3 is 24.6 Å². The predicted octanol–water partition coefficient (Wildman–Crippen LogP) is 6.82. The Morgan fingerprint density at radius 1 is 0.930 bits per heavy atom. The molecule has 1 saturated carbocycles. The second kappa shape index (κ2) is 15.2. The van der Waals surface area contributed by atoms with Crippen molar-refractivity contribution in [3.63, 3.8) is 0 Å². The van der Waals surface area contributed by atoms with E-state index in [1.54, 1.807) is 18.2 Å². The summed E-state index contributed by atoms with van der Waals surface area (Å²) in [5, 5.41) is 14.2. The maximum absolute atomic E-state index is 12.9. The molecule has 1 aliphatic rings. The van der Waals surface area contributed by atoms with Crippen LogP contribution in [0.4, 0.5) is 0 Å². The van der Waals surface area contributed by atoms with Gasteiger partial charge in [-0.25, -0.2) is 4.79 Å². The van der Waals surface area contributed by atoms with E-state index < -0.39 is 29.7 Å². The number of aryl methyl sites for hydroxylation is 1. The molecule has 3 aromatic rings. The van der Waals surface area contributed by atoms with Crippen LogP contribution in [0.5, 0.6) is 5.75 Å². The number of esters is 2. The van der Waals surface area contributed by atoms with Crippen LogP contribution < -0.4 is 10.1 Å². The van der Waals surface area contributed by atoms with Crippen molar-refractivity contribution in [3.8, 4) is 16.9 Å². The van der Waals surface area contributed by atoms with Gasteiger partial charge in [0.05, 0.1) is 13.2 Å². The van der Waals surface area contributed by atoms with Crippen LogP contribution in [0.2, 0.25) is 0 Å². The Morgan fingerprint density at radius 2 is 1.60 bits per heavy atom. The summed E-state index contributed by atoms with van der Waals surface area (Å²) in [6.07, 6.45) is 6.18. The highest BCUT2D eigenvalue weighted by molar-refractivity contribution is 5.93. The van der Waals surface area contributed by atoms with Crippen LogP contribution in [-0.4, -0.2) is 48.4 Å². The molecule has 1 fully saturated rings. The molecule has 1 aliphatic carbocycles. The summed E-state index contributed by atoms with van der Waals surface area (Å²) in [5.41, 5.74) is 3.62. The fourth-order valence-electron chi connectivity index (χ4n) is 5.39. The maximum Gasteiger partial charge on any atom is 0.341 e. The normalized spacial score (nSPS) is 15.4. The molecule has 43 heavy (non-hydrogen) atoms. The smallest absolute Gasteiger partial charge is 0.341 e. The number of carbonyl (C=O) groups is 2. The molecule has 1 unspecified atom stereocenters. The maximum atomic E-state index is 12.9. The van der Waals surface area contributed by atoms with Crippen molar-refractivity contribution in [1.29, 1.82) is 0 Å². The number of methoxy groups -OCH3 is 1. The first-order valence-corrected chi connectivity index (χ1v) is 15.3. The average molecular weight is 588 g/mol. The minimum atomic E-state index is -1.02. The van der Waals surface area contributed by atoms with Gasteiger partial charge in [-0.3, -0.25) is 4.79 Å². The first kappa shape index (κ1) is 32.2. The van der Waals surface area contributed by atoms with E-state index >= 15 is 0 Å². The zero-order valence-corrected chi connectivity index (χ0v) is 25.8. The molecule has 2 N–H and O–H groups in total. The molecule has 0 amide bonds. The summed E-state index contributed by atoms with van der Waals surface area (Å²) in [6, 6.07) is 22.3. The second-order valence-corrected chi connectivity index (χ2v) is 12.2. The minimum absolute atomic E-state index is 0.118. The number of nitrogens with one attached hydrogen (secondary N) is 1. The number of aliphatic hydroxyl groups is 1. The SMILES string of the molecule is COC(=O)c1ccc(-c2ccc(CCCNC(C(=O)OC(C)(C)C)[C@H](O)c3ccccc3)cc2)cc1OC1CCCCC1. The van der Waals surface area contributed by atoms with E-state index in [1.165, 1.54) is 13.5 Å². The highest BCUT2D eigenvalue weighted by atomic mass is 16.6. The number of benzene rings is 3. The Hall–Kier alpha value is -3.68. The number of carbonyl (C=O) groups excluding carboxylic acids is 2. The molecular weight excluding hydrogens is 542 g/mol. The molecule has 230 valence electrons. The molecule has 0 aliphatic heterocycles. The first-order chi connectivity index (χ1) is 20.6. The van der Waals surface area contributed by atoms with Gasteiger partial charge in [0.25, 0.3) is 0 Å². The zero-order chi connectivity index (χ0) is 30.8. The molecule has 0 spiro atoms. The van der Waals surface area contributed by atoms with Crippen LogP contribution >= 0.6 is 0 Å². The quantitative estimate of drug-likeness (QED) is 0.177. The van der Waals surface area contributed by atoms with E-state index in [4.69, 9.17) is 14.2 Å². The highest BCUT2D eigenvalue weighted by Crippen LogP contribution is 2.31. The molecule has 0 radical (unpaired) electrons. The molecule has 2 atom stereocenters. The molecule has 7 heteroatoms. The predicted molar refractivity (Wildman–Crippen MR) is 168 cm³/mol. The highest BCUT2D eigenvalue weighted by Gasteiger charge is 2.31. The minimum Gasteiger partial charge on any atom is -0.490 e. The molecule has 0 aromatic heterocycles. The van der Waals surface area contributed by atoms with Crippen LogP contribution in [0.25, 0.3) is 11.1 Å². The van der Waals surface area contributed by atoms with E-state index in [2.05, 4.69) is 29.6 Å². The van der Waals surface area contributed by atoms with Crippen molar-refractivity contribution in [3.05, 3.63) is 89.5 Å². The number of hydrogen-bond donors (Lipinski definition) is 2. The van der Waals surface area contributed by atoms with Gasteiger partial charge in [0.15, 0.2) is 0 Å². The van der Waals surface area contributed by atoms with Gasteiger partial charge in [-0.2, -0.15) is 0 Å². The molecule has 0 saturated heterocycles. The van der Waals surface area contributed by atoms with Crippen LogP contribution in [-0.2, 0) is 20.7 Å². The Labute approximate surface area is 255 Å². The zero-order valence-electron chi connectivity index (χ0n) is 25.8. The third-order valence-electron chi connectivity index (χ3n) is 7.64. The van der Waals surface area contributed by atoms with Crippen LogP contribution in [0.15, 0.2) is 72.8 Å². The largest absolute Gasteiger partial charge is 0.490 e. The lowest BCUT2D eigenvalue weighted by Gasteiger charge is -2.27. The Balaban J connectivity index is 1.38. The van der Waals surface area contributed by atoms with E-state index in [0.29, 0.717) is 23.4 Å². The molecule has 0 heterocycles. The van der Waals surface area contributed by atoms with Crippen molar-refractivity contribution in [2.45, 2.75) is 89.6 Å². The van der Waals surface area contributed by atoms with Crippen molar-refractivity contribution in [2.24, 2.45) is 0 Å². The summed E-state index contributed by atoms with van der Waals surface area (Å²) in [4.78, 5) is 25.3. The standard InChI is InChI=1S/C36H45NO6/c1-36(2,3)43-35(40)32(33(38)27-13-7-5-8-14-27)37-23-11-12-25-17-19-26(20-18-25)28-21-22-30(34(39)41-4)31(24-28)42-29-15-9-6-10-16-29/h5,7-8,13-14,17-22,24,29,32-33,37-38H,6,9-12,15-16,23H2,1-4H3/t32?,33-/m1/s1. The molecular formula is C36H45NO6. The summed E-state index contributed by atoms with van der Waals surface area (Å²) >= 11 is 0.